The Morgan fingerprint density at radius 2 is 1.68 bits per heavy atom. The van der Waals surface area contributed by atoms with Crippen LogP contribution in [0.2, 0.25) is 10.0 Å². The number of hydroxylamine groups is 2. The highest BCUT2D eigenvalue weighted by molar-refractivity contribution is 7.93. The van der Waals surface area contributed by atoms with Crippen LogP contribution < -0.4 is 4.31 Å². The Hall–Kier alpha value is -3.64. The number of carbonyl (C=O) groups is 2. The number of sulfonamides is 1. The Kier molecular flexibility index (Phi) is 8.38. The molecule has 1 amide bonds. The highest BCUT2D eigenvalue weighted by Crippen LogP contribution is 2.37. The minimum Gasteiger partial charge on any atom is -0.480 e. The largest absolute Gasteiger partial charge is 0.480 e. The molecule has 0 radical (unpaired) electrons. The van der Waals surface area contributed by atoms with Gasteiger partial charge in [-0.2, -0.15) is 0 Å². The molecule has 13 heteroatoms. The number of anilines is 1. The monoisotopic (exact) mass is 618 g/mol. The second-order valence-corrected chi connectivity index (χ2v) is 13.0. The van der Waals surface area contributed by atoms with Crippen molar-refractivity contribution in [2.24, 2.45) is 5.41 Å². The number of rotatable bonds is 8. The Morgan fingerprint density at radius 3 is 2.27 bits per heavy atom. The summed E-state index contributed by atoms with van der Waals surface area (Å²) in [5.74, 6) is -1.24. The van der Waals surface area contributed by atoms with E-state index in [-0.39, 0.29) is 26.5 Å². The van der Waals surface area contributed by atoms with E-state index in [0.717, 1.165) is 9.37 Å². The summed E-state index contributed by atoms with van der Waals surface area (Å²) in [5, 5.41) is 12.1. The number of aliphatic carboxylic acids is 1. The first-order valence-electron chi connectivity index (χ1n) is 12.3. The zero-order chi connectivity index (χ0) is 30.3. The van der Waals surface area contributed by atoms with Gasteiger partial charge in [0.15, 0.2) is 0 Å². The van der Waals surface area contributed by atoms with Crippen molar-refractivity contribution in [2.45, 2.75) is 31.7 Å². The number of aromatic nitrogens is 2. The van der Waals surface area contributed by atoms with E-state index < -0.39 is 27.4 Å². The molecule has 1 N–H and O–H groups in total. The molecule has 0 saturated heterocycles. The molecule has 0 bridgehead atoms. The topological polar surface area (TPSA) is 122 Å². The summed E-state index contributed by atoms with van der Waals surface area (Å²) in [6, 6.07) is 12.1. The lowest BCUT2D eigenvalue weighted by molar-refractivity contribution is -0.140. The van der Waals surface area contributed by atoms with Gasteiger partial charge in [0.25, 0.3) is 15.9 Å². The number of nitrogens with zero attached hydrogens (tertiary/aromatic N) is 4. The van der Waals surface area contributed by atoms with Gasteiger partial charge in [-0.1, -0.05) is 44.0 Å². The van der Waals surface area contributed by atoms with Crippen molar-refractivity contribution >= 4 is 61.7 Å². The van der Waals surface area contributed by atoms with Crippen LogP contribution in [0.25, 0.3) is 16.7 Å². The molecule has 0 aliphatic carbocycles. The van der Waals surface area contributed by atoms with Crippen molar-refractivity contribution in [3.63, 3.8) is 0 Å². The predicted octanol–water partition coefficient (Wildman–Crippen LogP) is 5.66. The fourth-order valence-corrected chi connectivity index (χ4v) is 6.96. The second kappa shape index (κ2) is 11.3. The molecule has 0 spiro atoms. The average molecular weight is 620 g/mol. The molecule has 216 valence electrons. The van der Waals surface area contributed by atoms with Crippen molar-refractivity contribution in [1.82, 2.24) is 14.6 Å². The van der Waals surface area contributed by atoms with Crippen molar-refractivity contribution in [1.29, 1.82) is 0 Å². The maximum atomic E-state index is 14.1. The first-order chi connectivity index (χ1) is 19.1. The number of fused-ring (bicyclic) bond motifs is 1. The predicted molar refractivity (Wildman–Crippen MR) is 157 cm³/mol. The van der Waals surface area contributed by atoms with Crippen molar-refractivity contribution < 1.29 is 28.0 Å². The Balaban J connectivity index is 1.88. The average Bonchev–Trinajstić information content (AvgIpc) is 3.32. The molecule has 4 aromatic rings. The van der Waals surface area contributed by atoms with Gasteiger partial charge >= 0.3 is 5.97 Å². The lowest BCUT2D eigenvalue weighted by Crippen LogP contribution is -2.52. The summed E-state index contributed by atoms with van der Waals surface area (Å²) in [4.78, 5) is 34.3. The first kappa shape index (κ1) is 30.3. The molecular formula is C28H28Cl2N4O6S. The van der Waals surface area contributed by atoms with Crippen LogP contribution in [-0.2, 0) is 19.7 Å². The number of hydrogen-bond donors (Lipinski definition) is 1. The molecule has 0 fully saturated rings. The highest BCUT2D eigenvalue weighted by atomic mass is 35.5. The summed E-state index contributed by atoms with van der Waals surface area (Å²) in [6.45, 7) is 4.94. The van der Waals surface area contributed by atoms with Crippen LogP contribution in [0.5, 0.6) is 0 Å². The molecule has 2 aromatic carbocycles. The zero-order valence-electron chi connectivity index (χ0n) is 22.9. The summed E-state index contributed by atoms with van der Waals surface area (Å²) >= 11 is 12.2. The lowest BCUT2D eigenvalue weighted by atomic mass is 9.86. The minimum atomic E-state index is -4.46. The number of carbonyl (C=O) groups excluding carboxylic acids is 1. The SMILES string of the molecule is CON(C)C(=O)c1ccnc(-n2ccc3cc(N(C(C(=O)O)C(C)(C)C)S(=O)(=O)c4cc(Cl)cc(Cl)c4)ccc32)c1. The number of benzene rings is 2. The van der Waals surface area contributed by atoms with Crippen molar-refractivity contribution in [3.8, 4) is 5.82 Å². The fraction of sp³-hybridized carbons (Fsp3) is 0.250. The van der Waals surface area contributed by atoms with E-state index in [0.29, 0.717) is 22.3 Å². The number of pyridine rings is 1. The Morgan fingerprint density at radius 1 is 1.02 bits per heavy atom. The standard InChI is InChI=1S/C28H28Cl2N4O6S/c1-28(2,3)25(27(36)37)34(41(38,39)22-15-19(29)14-20(30)16-22)21-6-7-23-17(12-21)9-11-33(23)24-13-18(8-10-31-24)26(35)32(4)40-5/h6-16,25H,1-5H3,(H,36,37). The summed E-state index contributed by atoms with van der Waals surface area (Å²) < 4.78 is 30.7. The molecule has 2 heterocycles. The van der Waals surface area contributed by atoms with Crippen LogP contribution >= 0.6 is 23.2 Å². The van der Waals surface area contributed by atoms with E-state index >= 15 is 0 Å². The third kappa shape index (κ3) is 6.03. The zero-order valence-corrected chi connectivity index (χ0v) is 25.2. The molecule has 0 aliphatic rings. The van der Waals surface area contributed by atoms with E-state index in [9.17, 15) is 23.1 Å². The molecule has 1 unspecified atom stereocenters. The van der Waals surface area contributed by atoms with E-state index in [1.807, 2.05) is 0 Å². The molecule has 41 heavy (non-hydrogen) atoms. The molecule has 0 saturated carbocycles. The number of hydrogen-bond acceptors (Lipinski definition) is 6. The maximum Gasteiger partial charge on any atom is 0.328 e. The number of halogens is 2. The van der Waals surface area contributed by atoms with Gasteiger partial charge < -0.3 is 9.67 Å². The van der Waals surface area contributed by atoms with Crippen LogP contribution in [0, 0.1) is 5.41 Å². The van der Waals surface area contributed by atoms with E-state index in [2.05, 4.69) is 4.98 Å². The van der Waals surface area contributed by atoms with Crippen LogP contribution in [0.1, 0.15) is 31.1 Å². The van der Waals surface area contributed by atoms with Gasteiger partial charge in [0, 0.05) is 40.4 Å². The number of carboxylic acid groups (broad SMARTS) is 1. The summed E-state index contributed by atoms with van der Waals surface area (Å²) in [6.07, 6.45) is 3.22. The summed E-state index contributed by atoms with van der Waals surface area (Å²) in [7, 11) is -1.58. The lowest BCUT2D eigenvalue weighted by Gasteiger charge is -2.37. The van der Waals surface area contributed by atoms with E-state index in [1.54, 1.807) is 61.9 Å². The second-order valence-electron chi connectivity index (χ2n) is 10.3. The van der Waals surface area contributed by atoms with Crippen LogP contribution in [-0.4, -0.2) is 60.2 Å². The Bertz CT molecular complexity index is 1730. The Labute approximate surface area is 247 Å². The fourth-order valence-electron chi connectivity index (χ4n) is 4.45. The van der Waals surface area contributed by atoms with Gasteiger partial charge in [-0.15, -0.1) is 0 Å². The number of carboxylic acids is 1. The molecule has 1 atom stereocenters. The third-order valence-electron chi connectivity index (χ3n) is 6.41. The normalized spacial score (nSPS) is 12.8. The maximum absolute atomic E-state index is 14.1. The van der Waals surface area contributed by atoms with Gasteiger partial charge in [0.2, 0.25) is 0 Å². The van der Waals surface area contributed by atoms with Gasteiger partial charge in [0.05, 0.1) is 23.2 Å². The van der Waals surface area contributed by atoms with Gasteiger partial charge in [0.1, 0.15) is 11.9 Å². The first-order valence-corrected chi connectivity index (χ1v) is 14.5. The van der Waals surface area contributed by atoms with Crippen LogP contribution in [0.4, 0.5) is 5.69 Å². The van der Waals surface area contributed by atoms with E-state index in [1.165, 1.54) is 44.6 Å². The molecule has 2 aromatic heterocycles. The van der Waals surface area contributed by atoms with Crippen LogP contribution in [0.3, 0.4) is 0 Å². The van der Waals surface area contributed by atoms with Gasteiger partial charge in [-0.25, -0.2) is 23.3 Å². The molecule has 4 rings (SSSR count). The van der Waals surface area contributed by atoms with Crippen molar-refractivity contribution in [3.05, 3.63) is 82.6 Å². The minimum absolute atomic E-state index is 0.0936. The smallest absolute Gasteiger partial charge is 0.328 e. The third-order valence-corrected chi connectivity index (χ3v) is 8.62. The highest BCUT2D eigenvalue weighted by Gasteiger charge is 2.43. The number of amides is 1. The quantitative estimate of drug-likeness (QED) is 0.253. The molecular weight excluding hydrogens is 591 g/mol. The van der Waals surface area contributed by atoms with Gasteiger partial charge in [-0.05, 0) is 60.0 Å². The van der Waals surface area contributed by atoms with Crippen LogP contribution in [0.15, 0.2) is 71.9 Å². The van der Waals surface area contributed by atoms with Crippen molar-refractivity contribution in [2.75, 3.05) is 18.5 Å². The molecule has 0 aliphatic heterocycles. The van der Waals surface area contributed by atoms with E-state index in [4.69, 9.17) is 28.0 Å². The molecule has 10 nitrogen and oxygen atoms in total. The van der Waals surface area contributed by atoms with Gasteiger partial charge in [-0.3, -0.25) is 13.9 Å². The summed E-state index contributed by atoms with van der Waals surface area (Å²) in [5.41, 5.74) is 0.128.